The number of aromatic nitrogens is 1. The molecule has 3 aliphatic rings. The van der Waals surface area contributed by atoms with Crippen molar-refractivity contribution in [1.29, 1.82) is 0 Å². The van der Waals surface area contributed by atoms with Crippen LogP contribution in [-0.4, -0.2) is 59.6 Å². The Kier molecular flexibility index (Phi) is 6.42. The number of pyridine rings is 1. The number of nitrogens with zero attached hydrogens (tertiary/aromatic N) is 3. The fourth-order valence-corrected chi connectivity index (χ4v) is 5.30. The summed E-state index contributed by atoms with van der Waals surface area (Å²) in [5.41, 5.74) is 2.69. The number of benzene rings is 1. The van der Waals surface area contributed by atoms with Crippen molar-refractivity contribution in [3.63, 3.8) is 0 Å². The molecule has 1 atom stereocenters. The second kappa shape index (κ2) is 9.61. The summed E-state index contributed by atoms with van der Waals surface area (Å²) < 4.78 is 6.48. The Balaban J connectivity index is 1.07. The first-order valence-corrected chi connectivity index (χ1v) is 12.1. The molecule has 0 bridgehead atoms. The van der Waals surface area contributed by atoms with Gasteiger partial charge in [-0.15, -0.1) is 0 Å². The van der Waals surface area contributed by atoms with Crippen LogP contribution in [-0.2, 0) is 16.1 Å². The van der Waals surface area contributed by atoms with E-state index in [-0.39, 0.29) is 23.5 Å². The quantitative estimate of drug-likeness (QED) is 0.735. The summed E-state index contributed by atoms with van der Waals surface area (Å²) in [6.07, 6.45) is 9.44. The molecule has 0 radical (unpaired) electrons. The van der Waals surface area contributed by atoms with Gasteiger partial charge in [-0.1, -0.05) is 6.07 Å². The molecule has 0 saturated carbocycles. The van der Waals surface area contributed by atoms with Gasteiger partial charge in [0.1, 0.15) is 0 Å². The van der Waals surface area contributed by atoms with Gasteiger partial charge in [-0.25, -0.2) is 0 Å². The fourth-order valence-electron chi connectivity index (χ4n) is 5.30. The number of ether oxygens (including phenoxy) is 1. The number of carbonyl (C=O) groups is 2. The monoisotopic (exact) mass is 448 g/mol. The highest BCUT2D eigenvalue weighted by molar-refractivity contribution is 5.97. The lowest BCUT2D eigenvalue weighted by Crippen LogP contribution is -2.44. The van der Waals surface area contributed by atoms with Gasteiger partial charge in [-0.3, -0.25) is 19.5 Å². The van der Waals surface area contributed by atoms with E-state index in [4.69, 9.17) is 4.74 Å². The van der Waals surface area contributed by atoms with Crippen LogP contribution in [0.2, 0.25) is 0 Å². The van der Waals surface area contributed by atoms with E-state index in [0.717, 1.165) is 64.0 Å². The van der Waals surface area contributed by atoms with Gasteiger partial charge in [0, 0.05) is 62.8 Å². The van der Waals surface area contributed by atoms with Crippen molar-refractivity contribution in [1.82, 2.24) is 15.2 Å². The number of hydrogen-bond acceptors (Lipinski definition) is 5. The van der Waals surface area contributed by atoms with E-state index in [1.165, 1.54) is 5.56 Å². The van der Waals surface area contributed by atoms with E-state index in [9.17, 15) is 9.59 Å². The van der Waals surface area contributed by atoms with Crippen molar-refractivity contribution >= 4 is 17.5 Å². The first kappa shape index (κ1) is 22.0. The molecule has 4 heterocycles. The van der Waals surface area contributed by atoms with Crippen LogP contribution in [0, 0.1) is 0 Å². The van der Waals surface area contributed by atoms with Gasteiger partial charge in [0.25, 0.3) is 5.91 Å². The van der Waals surface area contributed by atoms with E-state index in [1.807, 2.05) is 30.6 Å². The molecule has 1 unspecified atom stereocenters. The predicted molar refractivity (Wildman–Crippen MR) is 126 cm³/mol. The van der Waals surface area contributed by atoms with Crippen LogP contribution in [0.15, 0.2) is 48.8 Å². The molecule has 3 fully saturated rings. The van der Waals surface area contributed by atoms with Crippen LogP contribution in [0.25, 0.3) is 0 Å². The third kappa shape index (κ3) is 5.09. The van der Waals surface area contributed by atoms with Crippen LogP contribution in [0.3, 0.4) is 0 Å². The summed E-state index contributed by atoms with van der Waals surface area (Å²) in [6.45, 7) is 4.28. The third-order valence-corrected chi connectivity index (χ3v) is 7.24. The molecular weight excluding hydrogens is 416 g/mol. The van der Waals surface area contributed by atoms with Crippen molar-refractivity contribution in [2.24, 2.45) is 0 Å². The van der Waals surface area contributed by atoms with E-state index in [0.29, 0.717) is 18.5 Å². The Morgan fingerprint density at radius 3 is 2.64 bits per heavy atom. The highest BCUT2D eigenvalue weighted by Gasteiger charge is 2.42. The standard InChI is InChI=1S/C26H32N4O3/c31-24-4-2-14-30(24)22-7-5-21(6-8-22)25(32)28-18-23-9-10-26(33-23)11-15-29(16-12-26)19-20-3-1-13-27-17-20/h1,3,5-8,13,17,23H,2,4,9-12,14-16,18-19H2,(H,28,32). The van der Waals surface area contributed by atoms with Gasteiger partial charge in [0.05, 0.1) is 11.7 Å². The first-order valence-electron chi connectivity index (χ1n) is 12.1. The molecule has 5 rings (SSSR count). The summed E-state index contributed by atoms with van der Waals surface area (Å²) in [5, 5.41) is 3.04. The highest BCUT2D eigenvalue weighted by atomic mass is 16.5. The number of anilines is 1. The minimum atomic E-state index is -0.0925. The number of hydrogen-bond donors (Lipinski definition) is 1. The summed E-state index contributed by atoms with van der Waals surface area (Å²) >= 11 is 0. The molecule has 3 aliphatic heterocycles. The Morgan fingerprint density at radius 1 is 1.12 bits per heavy atom. The molecular formula is C26H32N4O3. The normalized spacial score (nSPS) is 22.7. The van der Waals surface area contributed by atoms with E-state index in [1.54, 1.807) is 17.0 Å². The lowest BCUT2D eigenvalue weighted by molar-refractivity contribution is -0.117. The minimum Gasteiger partial charge on any atom is -0.370 e. The maximum atomic E-state index is 12.6. The van der Waals surface area contributed by atoms with Crippen LogP contribution >= 0.6 is 0 Å². The largest absolute Gasteiger partial charge is 0.370 e. The molecule has 174 valence electrons. The molecule has 7 heteroatoms. The van der Waals surface area contributed by atoms with Crippen LogP contribution in [0.4, 0.5) is 5.69 Å². The first-order chi connectivity index (χ1) is 16.1. The second-order valence-electron chi connectivity index (χ2n) is 9.50. The number of rotatable bonds is 6. The van der Waals surface area contributed by atoms with Gasteiger partial charge in [0.15, 0.2) is 0 Å². The van der Waals surface area contributed by atoms with Crippen LogP contribution in [0.1, 0.15) is 54.4 Å². The number of piperidine rings is 1. The molecule has 3 saturated heterocycles. The molecule has 1 aromatic heterocycles. The molecule has 33 heavy (non-hydrogen) atoms. The number of nitrogens with one attached hydrogen (secondary N) is 1. The molecule has 7 nitrogen and oxygen atoms in total. The fraction of sp³-hybridized carbons (Fsp3) is 0.500. The van der Waals surface area contributed by atoms with Gasteiger partial charge in [0.2, 0.25) is 5.91 Å². The van der Waals surface area contributed by atoms with E-state index < -0.39 is 0 Å². The average molecular weight is 449 g/mol. The third-order valence-electron chi connectivity index (χ3n) is 7.24. The highest BCUT2D eigenvalue weighted by Crippen LogP contribution is 2.39. The predicted octanol–water partition coefficient (Wildman–Crippen LogP) is 3.15. The van der Waals surface area contributed by atoms with Crippen molar-refractivity contribution in [2.45, 2.75) is 56.8 Å². The molecule has 0 aliphatic carbocycles. The number of amides is 2. The number of likely N-dealkylation sites (tertiary alicyclic amines) is 1. The molecule has 1 aromatic carbocycles. The van der Waals surface area contributed by atoms with Crippen molar-refractivity contribution in [3.8, 4) is 0 Å². The smallest absolute Gasteiger partial charge is 0.251 e. The van der Waals surface area contributed by atoms with Gasteiger partial charge >= 0.3 is 0 Å². The lowest BCUT2D eigenvalue weighted by atomic mass is 9.88. The van der Waals surface area contributed by atoms with Gasteiger partial charge < -0.3 is 15.0 Å². The Labute approximate surface area is 195 Å². The molecule has 1 spiro atoms. The van der Waals surface area contributed by atoms with Gasteiger partial charge in [-0.2, -0.15) is 0 Å². The van der Waals surface area contributed by atoms with E-state index in [2.05, 4.69) is 21.3 Å². The zero-order valence-corrected chi connectivity index (χ0v) is 19.0. The van der Waals surface area contributed by atoms with Crippen molar-refractivity contribution in [3.05, 3.63) is 59.9 Å². The van der Waals surface area contributed by atoms with Crippen LogP contribution < -0.4 is 10.2 Å². The zero-order chi connectivity index (χ0) is 22.7. The van der Waals surface area contributed by atoms with Crippen molar-refractivity contribution in [2.75, 3.05) is 31.1 Å². The maximum Gasteiger partial charge on any atom is 0.251 e. The van der Waals surface area contributed by atoms with Crippen LogP contribution in [0.5, 0.6) is 0 Å². The lowest BCUT2D eigenvalue weighted by Gasteiger charge is -2.39. The Hall–Kier alpha value is -2.77. The minimum absolute atomic E-state index is 0.0370. The average Bonchev–Trinajstić information content (AvgIpc) is 3.46. The second-order valence-corrected chi connectivity index (χ2v) is 9.50. The SMILES string of the molecule is O=C(NCC1CCC2(CCN(Cc3cccnc3)CC2)O1)c1ccc(N2CCCC2=O)cc1. The molecule has 2 aromatic rings. The maximum absolute atomic E-state index is 12.6. The van der Waals surface area contributed by atoms with Gasteiger partial charge in [-0.05, 0) is 68.0 Å². The zero-order valence-electron chi connectivity index (χ0n) is 19.0. The topological polar surface area (TPSA) is 74.8 Å². The number of carbonyl (C=O) groups excluding carboxylic acids is 2. The Morgan fingerprint density at radius 2 is 1.94 bits per heavy atom. The molecule has 1 N–H and O–H groups in total. The Bertz CT molecular complexity index is 971. The summed E-state index contributed by atoms with van der Waals surface area (Å²) in [7, 11) is 0. The van der Waals surface area contributed by atoms with E-state index >= 15 is 0 Å². The summed E-state index contributed by atoms with van der Waals surface area (Å²) in [6, 6.07) is 11.4. The summed E-state index contributed by atoms with van der Waals surface area (Å²) in [5.74, 6) is 0.0626. The summed E-state index contributed by atoms with van der Waals surface area (Å²) in [4.78, 5) is 33.0. The molecule has 2 amide bonds. The van der Waals surface area contributed by atoms with Crippen molar-refractivity contribution < 1.29 is 14.3 Å².